The quantitative estimate of drug-likeness (QED) is 0.932. The molecular weight excluding hydrogens is 298 g/mol. The lowest BCUT2D eigenvalue weighted by Crippen LogP contribution is -2.39. The number of nitrogens with zero attached hydrogens (tertiary/aromatic N) is 3. The van der Waals surface area contributed by atoms with Crippen LogP contribution in [0.25, 0.3) is 11.3 Å². The minimum atomic E-state index is -1.01. The fourth-order valence-corrected chi connectivity index (χ4v) is 3.81. The normalized spacial score (nSPS) is 18.4. The van der Waals surface area contributed by atoms with Gasteiger partial charge in [0.25, 0.3) is 0 Å². The average molecular weight is 317 g/mol. The predicted molar refractivity (Wildman–Crippen MR) is 87.6 cm³/mol. The van der Waals surface area contributed by atoms with Crippen LogP contribution in [0.5, 0.6) is 0 Å². The molecule has 0 bridgehead atoms. The summed E-state index contributed by atoms with van der Waals surface area (Å²) in [7, 11) is 0. The van der Waals surface area contributed by atoms with Gasteiger partial charge in [0.15, 0.2) is 5.13 Å². The molecule has 1 atom stereocenters. The number of aromatic nitrogens is 2. The number of thiazole rings is 1. The number of piperidine rings is 1. The Labute approximate surface area is 133 Å². The summed E-state index contributed by atoms with van der Waals surface area (Å²) < 4.78 is 0. The Morgan fingerprint density at radius 3 is 3.00 bits per heavy atom. The molecule has 5 nitrogen and oxygen atoms in total. The summed E-state index contributed by atoms with van der Waals surface area (Å²) in [6.45, 7) is 3.30. The Morgan fingerprint density at radius 2 is 2.32 bits per heavy atom. The van der Waals surface area contributed by atoms with E-state index in [-0.39, 0.29) is 5.69 Å². The number of rotatable bonds is 4. The van der Waals surface area contributed by atoms with Gasteiger partial charge in [-0.05, 0) is 37.8 Å². The molecule has 3 rings (SSSR count). The highest BCUT2D eigenvalue weighted by Gasteiger charge is 2.23. The maximum atomic E-state index is 10.8. The number of carboxylic acids is 1. The van der Waals surface area contributed by atoms with E-state index < -0.39 is 5.97 Å². The molecule has 1 fully saturated rings. The number of carboxylic acid groups (broad SMARTS) is 1. The summed E-state index contributed by atoms with van der Waals surface area (Å²) in [6.07, 6.45) is 6.48. The summed E-state index contributed by atoms with van der Waals surface area (Å²) in [4.78, 5) is 22.0. The maximum Gasteiger partial charge on any atom is 0.354 e. The molecule has 0 aromatic carbocycles. The first-order valence-electron chi connectivity index (χ1n) is 7.61. The van der Waals surface area contributed by atoms with Crippen molar-refractivity contribution in [2.75, 3.05) is 11.4 Å². The van der Waals surface area contributed by atoms with Gasteiger partial charge >= 0.3 is 5.97 Å². The van der Waals surface area contributed by atoms with E-state index in [2.05, 4.69) is 16.8 Å². The lowest BCUT2D eigenvalue weighted by Gasteiger charge is -2.35. The fourth-order valence-electron chi connectivity index (χ4n) is 2.88. The number of pyridine rings is 1. The molecule has 3 heterocycles. The summed E-state index contributed by atoms with van der Waals surface area (Å²) in [5.41, 5.74) is 1.78. The van der Waals surface area contributed by atoms with Gasteiger partial charge in [-0.1, -0.05) is 6.92 Å². The largest absolute Gasteiger partial charge is 0.477 e. The molecule has 0 amide bonds. The van der Waals surface area contributed by atoms with Gasteiger partial charge in [0.05, 0.1) is 5.69 Å². The average Bonchev–Trinajstić information content (AvgIpc) is 3.04. The first-order valence-corrected chi connectivity index (χ1v) is 8.49. The van der Waals surface area contributed by atoms with Crippen molar-refractivity contribution < 1.29 is 9.90 Å². The van der Waals surface area contributed by atoms with Crippen molar-refractivity contribution in [1.29, 1.82) is 0 Å². The lowest BCUT2D eigenvalue weighted by molar-refractivity contribution is 0.0690. The fraction of sp³-hybridized carbons (Fsp3) is 0.438. The Balaban J connectivity index is 1.82. The monoisotopic (exact) mass is 317 g/mol. The molecular formula is C16H19N3O2S. The Bertz CT molecular complexity index is 654. The molecule has 2 aromatic heterocycles. The van der Waals surface area contributed by atoms with Crippen molar-refractivity contribution in [3.05, 3.63) is 29.4 Å². The van der Waals surface area contributed by atoms with Crippen LogP contribution in [-0.4, -0.2) is 33.6 Å². The highest BCUT2D eigenvalue weighted by Crippen LogP contribution is 2.32. The first kappa shape index (κ1) is 15.0. The van der Waals surface area contributed by atoms with E-state index in [1.54, 1.807) is 23.6 Å². The van der Waals surface area contributed by atoms with Gasteiger partial charge in [-0.15, -0.1) is 11.3 Å². The third-order valence-corrected chi connectivity index (χ3v) is 4.99. The van der Waals surface area contributed by atoms with Gasteiger partial charge in [-0.2, -0.15) is 0 Å². The van der Waals surface area contributed by atoms with Crippen molar-refractivity contribution in [3.63, 3.8) is 0 Å². The zero-order chi connectivity index (χ0) is 15.5. The topological polar surface area (TPSA) is 66.3 Å². The molecule has 1 saturated heterocycles. The van der Waals surface area contributed by atoms with Gasteiger partial charge in [0, 0.05) is 29.7 Å². The zero-order valence-corrected chi connectivity index (χ0v) is 13.3. The Kier molecular flexibility index (Phi) is 4.38. The van der Waals surface area contributed by atoms with Crippen LogP contribution in [-0.2, 0) is 0 Å². The molecule has 1 N–H and O–H groups in total. The van der Waals surface area contributed by atoms with E-state index in [4.69, 9.17) is 10.1 Å². The smallest absolute Gasteiger partial charge is 0.354 e. The van der Waals surface area contributed by atoms with Gasteiger partial charge in [0.1, 0.15) is 5.69 Å². The molecule has 116 valence electrons. The molecule has 6 heteroatoms. The highest BCUT2D eigenvalue weighted by molar-refractivity contribution is 7.14. The van der Waals surface area contributed by atoms with Crippen molar-refractivity contribution >= 4 is 22.4 Å². The van der Waals surface area contributed by atoms with Crippen LogP contribution < -0.4 is 4.90 Å². The molecule has 0 radical (unpaired) electrons. The molecule has 22 heavy (non-hydrogen) atoms. The van der Waals surface area contributed by atoms with E-state index >= 15 is 0 Å². The van der Waals surface area contributed by atoms with E-state index in [0.717, 1.165) is 29.4 Å². The highest BCUT2D eigenvalue weighted by atomic mass is 32.1. The van der Waals surface area contributed by atoms with Crippen LogP contribution in [0.3, 0.4) is 0 Å². The van der Waals surface area contributed by atoms with E-state index in [1.165, 1.54) is 25.3 Å². The summed E-state index contributed by atoms with van der Waals surface area (Å²) in [5.74, 6) is -1.01. The number of hydrogen-bond donors (Lipinski definition) is 1. The third kappa shape index (κ3) is 2.97. The number of anilines is 1. The standard InChI is InChI=1S/C16H19N3O2S/c1-2-12-5-3-4-8-19(12)16-18-14(10-22-16)11-6-7-13(15(20)21)17-9-11/h6-7,9-10,12H,2-5,8H2,1H3,(H,20,21)/t12-/m1/s1. The van der Waals surface area contributed by atoms with E-state index in [0.29, 0.717) is 6.04 Å². The Morgan fingerprint density at radius 1 is 1.45 bits per heavy atom. The molecule has 0 spiro atoms. The minimum Gasteiger partial charge on any atom is -0.477 e. The van der Waals surface area contributed by atoms with Crippen LogP contribution in [0, 0.1) is 0 Å². The van der Waals surface area contributed by atoms with Crippen LogP contribution in [0.1, 0.15) is 43.1 Å². The van der Waals surface area contributed by atoms with Crippen LogP contribution in [0.15, 0.2) is 23.7 Å². The summed E-state index contributed by atoms with van der Waals surface area (Å²) >= 11 is 1.65. The van der Waals surface area contributed by atoms with Crippen molar-refractivity contribution in [3.8, 4) is 11.3 Å². The molecule has 0 saturated carbocycles. The van der Waals surface area contributed by atoms with E-state index in [1.807, 2.05) is 5.38 Å². The van der Waals surface area contributed by atoms with E-state index in [9.17, 15) is 4.79 Å². The molecule has 0 unspecified atom stereocenters. The van der Waals surface area contributed by atoms with Crippen molar-refractivity contribution in [2.24, 2.45) is 0 Å². The van der Waals surface area contributed by atoms with Gasteiger partial charge in [0.2, 0.25) is 0 Å². The van der Waals surface area contributed by atoms with Crippen LogP contribution in [0.2, 0.25) is 0 Å². The van der Waals surface area contributed by atoms with Gasteiger partial charge in [-0.3, -0.25) is 0 Å². The molecule has 1 aliphatic heterocycles. The first-order chi connectivity index (χ1) is 10.7. The second-order valence-corrected chi connectivity index (χ2v) is 6.34. The van der Waals surface area contributed by atoms with Crippen molar-refractivity contribution in [2.45, 2.75) is 38.6 Å². The second kappa shape index (κ2) is 6.44. The maximum absolute atomic E-state index is 10.8. The predicted octanol–water partition coefficient (Wildman–Crippen LogP) is 3.67. The zero-order valence-electron chi connectivity index (χ0n) is 12.5. The minimum absolute atomic E-state index is 0.0567. The van der Waals surface area contributed by atoms with Crippen LogP contribution >= 0.6 is 11.3 Å². The van der Waals surface area contributed by atoms with Crippen LogP contribution in [0.4, 0.5) is 5.13 Å². The lowest BCUT2D eigenvalue weighted by atomic mass is 10.0. The van der Waals surface area contributed by atoms with Gasteiger partial charge < -0.3 is 10.0 Å². The molecule has 2 aromatic rings. The van der Waals surface area contributed by atoms with Crippen molar-refractivity contribution in [1.82, 2.24) is 9.97 Å². The Hall–Kier alpha value is -1.95. The summed E-state index contributed by atoms with van der Waals surface area (Å²) in [6, 6.07) is 3.87. The number of carbonyl (C=O) groups is 1. The van der Waals surface area contributed by atoms with Gasteiger partial charge in [-0.25, -0.2) is 14.8 Å². The third-order valence-electron chi connectivity index (χ3n) is 4.11. The molecule has 1 aliphatic rings. The number of hydrogen-bond acceptors (Lipinski definition) is 5. The second-order valence-electron chi connectivity index (χ2n) is 5.50. The summed E-state index contributed by atoms with van der Waals surface area (Å²) in [5, 5.41) is 12.0. The number of aromatic carboxylic acids is 1. The SMILES string of the molecule is CC[C@@H]1CCCCN1c1nc(-c2ccc(C(=O)O)nc2)cs1. The molecule has 0 aliphatic carbocycles.